The fraction of sp³-hybridized carbons (Fsp3) is 0.944. The zero-order chi connectivity index (χ0) is 17.0. The van der Waals surface area contributed by atoms with E-state index < -0.39 is 13.9 Å². The average molecular weight is 327 g/mol. The van der Waals surface area contributed by atoms with Crippen LogP contribution in [0.4, 0.5) is 0 Å². The van der Waals surface area contributed by atoms with E-state index in [1.165, 1.54) is 0 Å². The van der Waals surface area contributed by atoms with Gasteiger partial charge in [0.15, 0.2) is 8.32 Å². The molecule has 0 aromatic carbocycles. The molecule has 0 heterocycles. The second kappa shape index (κ2) is 5.42. The molecule has 2 aliphatic rings. The zero-order valence-corrected chi connectivity index (χ0v) is 16.5. The van der Waals surface area contributed by atoms with Gasteiger partial charge in [-0.25, -0.2) is 0 Å². The Morgan fingerprint density at radius 3 is 2.36 bits per heavy atom. The highest BCUT2D eigenvalue weighted by Gasteiger charge is 2.57. The van der Waals surface area contributed by atoms with Crippen LogP contribution in [0.15, 0.2) is 0 Å². The molecule has 1 N–H and O–H groups in total. The molecule has 0 saturated heterocycles. The van der Waals surface area contributed by atoms with Crippen LogP contribution in [0.3, 0.4) is 0 Å². The number of aliphatic hydroxyl groups is 1. The summed E-state index contributed by atoms with van der Waals surface area (Å²) in [4.78, 5) is 12.0. The second-order valence-electron chi connectivity index (χ2n) is 9.56. The van der Waals surface area contributed by atoms with Gasteiger partial charge in [-0.15, -0.1) is 0 Å². The summed E-state index contributed by atoms with van der Waals surface area (Å²) in [5.74, 6) is 0.334. The Balaban J connectivity index is 2.29. The van der Waals surface area contributed by atoms with Crippen molar-refractivity contribution in [1.82, 2.24) is 0 Å². The molecule has 0 aromatic heterocycles. The quantitative estimate of drug-likeness (QED) is 0.770. The first-order valence-corrected chi connectivity index (χ1v) is 11.6. The number of hydrogen-bond donors (Lipinski definition) is 1. The molecule has 2 rings (SSSR count). The largest absolute Gasteiger partial charge is 0.413 e. The Bertz CT molecular complexity index is 450. The number of fused-ring (bicyclic) bond motifs is 1. The van der Waals surface area contributed by atoms with Crippen molar-refractivity contribution in [3.05, 3.63) is 0 Å². The molecule has 4 atom stereocenters. The highest BCUT2D eigenvalue weighted by Crippen LogP contribution is 2.55. The van der Waals surface area contributed by atoms with Crippen molar-refractivity contribution in [3.8, 4) is 0 Å². The highest BCUT2D eigenvalue weighted by atomic mass is 28.4. The van der Waals surface area contributed by atoms with Crippen molar-refractivity contribution < 1.29 is 14.3 Å². The maximum absolute atomic E-state index is 12.0. The average Bonchev–Trinajstić information content (AvgIpc) is 2.34. The van der Waals surface area contributed by atoms with E-state index in [9.17, 15) is 9.90 Å². The van der Waals surface area contributed by atoms with Crippen molar-refractivity contribution in [1.29, 1.82) is 0 Å². The van der Waals surface area contributed by atoms with Crippen LogP contribution in [0.25, 0.3) is 0 Å². The molecule has 0 unspecified atom stereocenters. The maximum atomic E-state index is 12.0. The van der Waals surface area contributed by atoms with Gasteiger partial charge >= 0.3 is 0 Å². The lowest BCUT2D eigenvalue weighted by Gasteiger charge is -2.57. The molecule has 0 radical (unpaired) electrons. The fourth-order valence-electron chi connectivity index (χ4n) is 4.11. The van der Waals surface area contributed by atoms with Gasteiger partial charge in [0.1, 0.15) is 5.78 Å². The Hall–Kier alpha value is -0.193. The topological polar surface area (TPSA) is 46.5 Å². The van der Waals surface area contributed by atoms with Gasteiger partial charge in [-0.2, -0.15) is 0 Å². The van der Waals surface area contributed by atoms with Gasteiger partial charge in [0.2, 0.25) is 0 Å². The Morgan fingerprint density at radius 2 is 1.82 bits per heavy atom. The SMILES string of the molecule is CC(C)(C)[Si](C)(C)O[C@@H]1CC[C@](C)(O)[C@@H]2CC(=O)CC[C@]21C. The molecule has 2 aliphatic carbocycles. The first-order chi connectivity index (χ1) is 9.80. The van der Waals surface area contributed by atoms with E-state index in [4.69, 9.17) is 4.43 Å². The molecule has 0 bridgehead atoms. The lowest BCUT2D eigenvalue weighted by molar-refractivity contribution is -0.169. The molecule has 4 heteroatoms. The minimum absolute atomic E-state index is 0.0322. The molecule has 22 heavy (non-hydrogen) atoms. The van der Waals surface area contributed by atoms with E-state index >= 15 is 0 Å². The van der Waals surface area contributed by atoms with Crippen LogP contribution in [0.2, 0.25) is 18.1 Å². The van der Waals surface area contributed by atoms with Gasteiger partial charge in [0.05, 0.1) is 11.7 Å². The Kier molecular flexibility index (Phi) is 4.47. The van der Waals surface area contributed by atoms with Crippen LogP contribution in [0.1, 0.15) is 66.7 Å². The van der Waals surface area contributed by atoms with Crippen LogP contribution in [-0.4, -0.2) is 30.9 Å². The van der Waals surface area contributed by atoms with Gasteiger partial charge in [-0.1, -0.05) is 27.7 Å². The third kappa shape index (κ3) is 3.07. The summed E-state index contributed by atoms with van der Waals surface area (Å²) in [6.07, 6.45) is 3.82. The molecular formula is C18H34O3Si. The Labute approximate surface area is 137 Å². The van der Waals surface area contributed by atoms with Crippen molar-refractivity contribution in [2.75, 3.05) is 0 Å². The summed E-state index contributed by atoms with van der Waals surface area (Å²) in [7, 11) is -1.85. The number of Topliss-reactive ketones (excluding diaryl/α,β-unsaturated/α-hetero) is 1. The fourth-order valence-corrected chi connectivity index (χ4v) is 5.57. The predicted molar refractivity (Wildman–Crippen MR) is 92.4 cm³/mol. The Morgan fingerprint density at radius 1 is 1.23 bits per heavy atom. The van der Waals surface area contributed by atoms with E-state index in [1.54, 1.807) is 0 Å². The first-order valence-electron chi connectivity index (χ1n) is 8.71. The number of rotatable bonds is 2. The standard InChI is InChI=1S/C18H34O3Si/c1-16(2,3)22(6,7)21-15-9-11-18(5,20)14-12-13(19)8-10-17(14,15)4/h14-15,20H,8-12H2,1-7H3/t14-,15-,17-,18+/m1/s1. The van der Waals surface area contributed by atoms with Crippen LogP contribution in [0, 0.1) is 11.3 Å². The summed E-state index contributed by atoms with van der Waals surface area (Å²) in [6, 6.07) is 0. The molecule has 0 aromatic rings. The summed E-state index contributed by atoms with van der Waals surface area (Å²) >= 11 is 0. The number of carbonyl (C=O) groups is 1. The third-order valence-corrected chi connectivity index (χ3v) is 11.3. The molecule has 3 nitrogen and oxygen atoms in total. The van der Waals surface area contributed by atoms with Crippen molar-refractivity contribution in [3.63, 3.8) is 0 Å². The maximum Gasteiger partial charge on any atom is 0.192 e. The molecule has 2 fully saturated rings. The number of hydrogen-bond acceptors (Lipinski definition) is 3. The minimum atomic E-state index is -1.85. The normalized spacial score (nSPS) is 40.5. The van der Waals surface area contributed by atoms with Gasteiger partial charge in [0.25, 0.3) is 0 Å². The molecule has 0 amide bonds. The van der Waals surface area contributed by atoms with Gasteiger partial charge < -0.3 is 9.53 Å². The third-order valence-electron chi connectivity index (χ3n) is 6.81. The lowest BCUT2D eigenvalue weighted by atomic mass is 9.54. The number of ketones is 1. The van der Waals surface area contributed by atoms with Crippen LogP contribution in [0.5, 0.6) is 0 Å². The van der Waals surface area contributed by atoms with E-state index in [1.807, 2.05) is 6.92 Å². The summed E-state index contributed by atoms with van der Waals surface area (Å²) in [6.45, 7) is 15.6. The first kappa shape index (κ1) is 18.1. The van der Waals surface area contributed by atoms with Crippen LogP contribution >= 0.6 is 0 Å². The molecule has 0 spiro atoms. The van der Waals surface area contributed by atoms with E-state index in [2.05, 4.69) is 40.8 Å². The van der Waals surface area contributed by atoms with Gasteiger partial charge in [-0.3, -0.25) is 4.79 Å². The molecule has 0 aliphatic heterocycles. The zero-order valence-electron chi connectivity index (χ0n) is 15.5. The second-order valence-corrected chi connectivity index (χ2v) is 14.3. The lowest BCUT2D eigenvalue weighted by Crippen LogP contribution is -2.60. The molecular weight excluding hydrogens is 292 g/mol. The highest BCUT2D eigenvalue weighted by molar-refractivity contribution is 6.74. The van der Waals surface area contributed by atoms with Crippen LogP contribution in [-0.2, 0) is 9.22 Å². The summed E-state index contributed by atoms with van der Waals surface area (Å²) in [5, 5.41) is 11.0. The molecule has 128 valence electrons. The smallest absolute Gasteiger partial charge is 0.192 e. The summed E-state index contributed by atoms with van der Waals surface area (Å²) in [5.41, 5.74) is -0.816. The van der Waals surface area contributed by atoms with Crippen molar-refractivity contribution >= 4 is 14.1 Å². The van der Waals surface area contributed by atoms with E-state index in [0.717, 1.165) is 19.3 Å². The van der Waals surface area contributed by atoms with Crippen molar-refractivity contribution in [2.45, 2.75) is 96.6 Å². The van der Waals surface area contributed by atoms with Crippen molar-refractivity contribution in [2.24, 2.45) is 11.3 Å². The van der Waals surface area contributed by atoms with E-state index in [0.29, 0.717) is 18.6 Å². The molecule has 2 saturated carbocycles. The van der Waals surface area contributed by atoms with Crippen LogP contribution < -0.4 is 0 Å². The van der Waals surface area contributed by atoms with Gasteiger partial charge in [0, 0.05) is 18.8 Å². The predicted octanol–water partition coefficient (Wildman–Crippen LogP) is 4.30. The minimum Gasteiger partial charge on any atom is -0.413 e. The monoisotopic (exact) mass is 326 g/mol. The summed E-state index contributed by atoms with van der Waals surface area (Å²) < 4.78 is 6.76. The van der Waals surface area contributed by atoms with E-state index in [-0.39, 0.29) is 22.5 Å². The van der Waals surface area contributed by atoms with Gasteiger partial charge in [-0.05, 0) is 49.7 Å². The number of carbonyl (C=O) groups excluding carboxylic acids is 1.